The Morgan fingerprint density at radius 1 is 1.47 bits per heavy atom. The van der Waals surface area contributed by atoms with Crippen LogP contribution in [0, 0.1) is 5.92 Å². The third-order valence-corrected chi connectivity index (χ3v) is 2.43. The van der Waals surface area contributed by atoms with Crippen molar-refractivity contribution in [3.8, 4) is 0 Å². The van der Waals surface area contributed by atoms with Crippen molar-refractivity contribution in [2.45, 2.75) is 26.7 Å². The molecule has 1 aromatic carbocycles. The molecule has 0 fully saturated rings. The molecule has 4 nitrogen and oxygen atoms in total. The van der Waals surface area contributed by atoms with Crippen LogP contribution in [-0.2, 0) is 17.6 Å². The molecular formula is C13H15NO3. The third-order valence-electron chi connectivity index (χ3n) is 2.43. The monoisotopic (exact) mass is 233 g/mol. The van der Waals surface area contributed by atoms with E-state index in [4.69, 9.17) is 9.52 Å². The minimum absolute atomic E-state index is 0.0162. The van der Waals surface area contributed by atoms with Crippen LogP contribution in [0.4, 0.5) is 0 Å². The highest BCUT2D eigenvalue weighted by Crippen LogP contribution is 2.19. The Kier molecular flexibility index (Phi) is 3.13. The Hall–Kier alpha value is -1.84. The lowest BCUT2D eigenvalue weighted by Crippen LogP contribution is -1.99. The van der Waals surface area contributed by atoms with E-state index in [1.807, 2.05) is 0 Å². The zero-order valence-electron chi connectivity index (χ0n) is 9.93. The van der Waals surface area contributed by atoms with Crippen molar-refractivity contribution in [1.29, 1.82) is 0 Å². The average molecular weight is 233 g/mol. The van der Waals surface area contributed by atoms with Gasteiger partial charge in [0.2, 0.25) is 0 Å². The van der Waals surface area contributed by atoms with Gasteiger partial charge in [-0.3, -0.25) is 4.79 Å². The van der Waals surface area contributed by atoms with E-state index in [9.17, 15) is 4.79 Å². The van der Waals surface area contributed by atoms with Gasteiger partial charge in [0, 0.05) is 6.42 Å². The van der Waals surface area contributed by atoms with Crippen LogP contribution in [0.25, 0.3) is 11.1 Å². The molecule has 4 heteroatoms. The number of oxazole rings is 1. The van der Waals surface area contributed by atoms with Gasteiger partial charge < -0.3 is 9.52 Å². The lowest BCUT2D eigenvalue weighted by atomic mass is 10.1. The van der Waals surface area contributed by atoms with E-state index in [-0.39, 0.29) is 6.42 Å². The normalized spacial score (nSPS) is 11.2. The van der Waals surface area contributed by atoms with Gasteiger partial charge in [-0.2, -0.15) is 0 Å². The molecule has 1 N–H and O–H groups in total. The second-order valence-corrected chi connectivity index (χ2v) is 4.58. The third kappa shape index (κ3) is 2.84. The van der Waals surface area contributed by atoms with Gasteiger partial charge in [0.05, 0.1) is 6.42 Å². The summed E-state index contributed by atoms with van der Waals surface area (Å²) in [6, 6.07) is 5.32. The molecule has 0 atom stereocenters. The minimum Gasteiger partial charge on any atom is -0.481 e. The number of benzene rings is 1. The molecule has 90 valence electrons. The number of hydrogen-bond donors (Lipinski definition) is 1. The summed E-state index contributed by atoms with van der Waals surface area (Å²) < 4.78 is 5.58. The molecule has 0 bridgehead atoms. The number of carboxylic acid groups (broad SMARTS) is 1. The Balaban J connectivity index is 2.30. The van der Waals surface area contributed by atoms with E-state index in [0.717, 1.165) is 23.1 Å². The molecule has 0 amide bonds. The maximum Gasteiger partial charge on any atom is 0.307 e. The molecule has 0 unspecified atom stereocenters. The van der Waals surface area contributed by atoms with Crippen LogP contribution in [0.15, 0.2) is 22.6 Å². The zero-order chi connectivity index (χ0) is 12.4. The van der Waals surface area contributed by atoms with Crippen LogP contribution < -0.4 is 0 Å². The van der Waals surface area contributed by atoms with E-state index in [1.54, 1.807) is 18.2 Å². The standard InChI is InChI=1S/C13H15NO3/c1-8(2)5-12-14-10-6-9(7-13(15)16)3-4-11(10)17-12/h3-4,6,8H,5,7H2,1-2H3,(H,15,16). The van der Waals surface area contributed by atoms with Gasteiger partial charge >= 0.3 is 5.97 Å². The Morgan fingerprint density at radius 2 is 2.24 bits per heavy atom. The highest BCUT2D eigenvalue weighted by Gasteiger charge is 2.09. The Bertz CT molecular complexity index is 543. The van der Waals surface area contributed by atoms with Crippen molar-refractivity contribution in [2.24, 2.45) is 5.92 Å². The molecule has 0 spiro atoms. The van der Waals surface area contributed by atoms with Crippen LogP contribution in [0.3, 0.4) is 0 Å². The Morgan fingerprint density at radius 3 is 2.88 bits per heavy atom. The number of carbonyl (C=O) groups is 1. The predicted molar refractivity (Wildman–Crippen MR) is 63.9 cm³/mol. The molecule has 2 rings (SSSR count). The van der Waals surface area contributed by atoms with Crippen molar-refractivity contribution < 1.29 is 14.3 Å². The zero-order valence-corrected chi connectivity index (χ0v) is 9.93. The molecule has 0 aliphatic heterocycles. The second kappa shape index (κ2) is 4.57. The van der Waals surface area contributed by atoms with Gasteiger partial charge in [-0.15, -0.1) is 0 Å². The number of rotatable bonds is 4. The molecule has 17 heavy (non-hydrogen) atoms. The number of fused-ring (bicyclic) bond motifs is 1. The smallest absolute Gasteiger partial charge is 0.307 e. The molecule has 0 aliphatic rings. The van der Waals surface area contributed by atoms with Gasteiger partial charge in [0.25, 0.3) is 0 Å². The first-order chi connectivity index (χ1) is 8.04. The van der Waals surface area contributed by atoms with Crippen molar-refractivity contribution in [3.05, 3.63) is 29.7 Å². The van der Waals surface area contributed by atoms with Gasteiger partial charge in [-0.05, 0) is 23.6 Å². The lowest BCUT2D eigenvalue weighted by molar-refractivity contribution is -0.136. The van der Waals surface area contributed by atoms with Crippen LogP contribution in [-0.4, -0.2) is 16.1 Å². The van der Waals surface area contributed by atoms with E-state index in [2.05, 4.69) is 18.8 Å². The minimum atomic E-state index is -0.838. The molecule has 0 saturated heterocycles. The fourth-order valence-corrected chi connectivity index (χ4v) is 1.74. The van der Waals surface area contributed by atoms with Crippen LogP contribution >= 0.6 is 0 Å². The van der Waals surface area contributed by atoms with Crippen molar-refractivity contribution in [2.75, 3.05) is 0 Å². The molecular weight excluding hydrogens is 218 g/mol. The summed E-state index contributed by atoms with van der Waals surface area (Å²) in [7, 11) is 0. The maximum absolute atomic E-state index is 10.6. The summed E-state index contributed by atoms with van der Waals surface area (Å²) >= 11 is 0. The number of aromatic nitrogens is 1. The molecule has 0 aliphatic carbocycles. The number of hydrogen-bond acceptors (Lipinski definition) is 3. The topological polar surface area (TPSA) is 63.3 Å². The summed E-state index contributed by atoms with van der Waals surface area (Å²) in [6.45, 7) is 4.20. The van der Waals surface area contributed by atoms with E-state index < -0.39 is 5.97 Å². The number of carboxylic acids is 1. The molecule has 0 saturated carbocycles. The van der Waals surface area contributed by atoms with Gasteiger partial charge in [-0.25, -0.2) is 4.98 Å². The largest absolute Gasteiger partial charge is 0.481 e. The van der Waals surface area contributed by atoms with Crippen molar-refractivity contribution >= 4 is 17.1 Å². The summed E-state index contributed by atoms with van der Waals surface area (Å²) in [5.41, 5.74) is 2.20. The van der Waals surface area contributed by atoms with Crippen LogP contribution in [0.5, 0.6) is 0 Å². The maximum atomic E-state index is 10.6. The Labute approximate surface area is 99.3 Å². The number of nitrogens with zero attached hydrogens (tertiary/aromatic N) is 1. The molecule has 1 heterocycles. The highest BCUT2D eigenvalue weighted by atomic mass is 16.4. The first kappa shape index (κ1) is 11.6. The van der Waals surface area contributed by atoms with Crippen molar-refractivity contribution in [1.82, 2.24) is 4.98 Å². The number of aliphatic carboxylic acids is 1. The fraction of sp³-hybridized carbons (Fsp3) is 0.385. The molecule has 1 aromatic heterocycles. The van der Waals surface area contributed by atoms with Gasteiger partial charge in [0.1, 0.15) is 5.52 Å². The van der Waals surface area contributed by atoms with E-state index in [0.29, 0.717) is 11.8 Å². The first-order valence-electron chi connectivity index (χ1n) is 5.64. The first-order valence-corrected chi connectivity index (χ1v) is 5.64. The summed E-state index contributed by atoms with van der Waals surface area (Å²) in [5, 5.41) is 8.72. The summed E-state index contributed by atoms with van der Waals surface area (Å²) in [6.07, 6.45) is 0.811. The van der Waals surface area contributed by atoms with Crippen LogP contribution in [0.2, 0.25) is 0 Å². The quantitative estimate of drug-likeness (QED) is 0.881. The summed E-state index contributed by atoms with van der Waals surface area (Å²) in [4.78, 5) is 15.0. The average Bonchev–Trinajstić information content (AvgIpc) is 2.56. The molecule has 2 aromatic rings. The van der Waals surface area contributed by atoms with Crippen LogP contribution in [0.1, 0.15) is 25.3 Å². The highest BCUT2D eigenvalue weighted by molar-refractivity contribution is 5.76. The van der Waals surface area contributed by atoms with E-state index >= 15 is 0 Å². The van der Waals surface area contributed by atoms with E-state index in [1.165, 1.54) is 0 Å². The SMILES string of the molecule is CC(C)Cc1nc2cc(CC(=O)O)ccc2o1. The predicted octanol–water partition coefficient (Wildman–Crippen LogP) is 2.65. The van der Waals surface area contributed by atoms with Gasteiger partial charge in [-0.1, -0.05) is 19.9 Å². The van der Waals surface area contributed by atoms with Gasteiger partial charge in [0.15, 0.2) is 11.5 Å². The molecule has 0 radical (unpaired) electrons. The fourth-order valence-electron chi connectivity index (χ4n) is 1.74. The van der Waals surface area contributed by atoms with Crippen molar-refractivity contribution in [3.63, 3.8) is 0 Å². The lowest BCUT2D eigenvalue weighted by Gasteiger charge is -1.96. The second-order valence-electron chi connectivity index (χ2n) is 4.58. The summed E-state index contributed by atoms with van der Waals surface area (Å²) in [5.74, 6) is 0.360.